The summed E-state index contributed by atoms with van der Waals surface area (Å²) in [4.78, 5) is 2.79. The van der Waals surface area contributed by atoms with Crippen molar-refractivity contribution in [2.75, 3.05) is 26.2 Å². The van der Waals surface area contributed by atoms with Crippen LogP contribution in [0.2, 0.25) is 0 Å². The Morgan fingerprint density at radius 2 is 0.636 bits per heavy atom. The highest BCUT2D eigenvalue weighted by molar-refractivity contribution is 4.93. The van der Waals surface area contributed by atoms with Gasteiger partial charge in [-0.15, -0.1) is 0 Å². The number of allylic oxidation sites excluding steroid dienone is 8. The van der Waals surface area contributed by atoms with Crippen LogP contribution in [0, 0.1) is 0 Å². The third-order valence-corrected chi connectivity index (χ3v) is 8.78. The maximum absolute atomic E-state index is 5.70. The highest BCUT2D eigenvalue weighted by Crippen LogP contribution is 2.12. The van der Waals surface area contributed by atoms with Gasteiger partial charge in [0.05, 0.1) is 0 Å². The lowest BCUT2D eigenvalue weighted by atomic mass is 10.1. The highest BCUT2D eigenvalue weighted by atomic mass is 15.1. The number of hydrogen-bond donors (Lipinski definition) is 1. The second-order valence-electron chi connectivity index (χ2n) is 13.2. The van der Waals surface area contributed by atoms with Crippen LogP contribution in [-0.4, -0.2) is 31.1 Å². The van der Waals surface area contributed by atoms with E-state index in [9.17, 15) is 0 Å². The molecule has 0 heterocycles. The topological polar surface area (TPSA) is 29.3 Å². The van der Waals surface area contributed by atoms with Gasteiger partial charge in [0, 0.05) is 0 Å². The first-order valence-corrected chi connectivity index (χ1v) is 19.9. The quantitative estimate of drug-likeness (QED) is 0.0563. The predicted octanol–water partition coefficient (Wildman–Crippen LogP) is 13.4. The molecule has 258 valence electrons. The van der Waals surface area contributed by atoms with Gasteiger partial charge in [-0.25, -0.2) is 0 Å². The summed E-state index contributed by atoms with van der Waals surface area (Å²) in [6.07, 6.45) is 56.2. The largest absolute Gasteiger partial charge is 0.330 e. The Morgan fingerprint density at radius 3 is 0.977 bits per heavy atom. The molecule has 0 aromatic heterocycles. The van der Waals surface area contributed by atoms with E-state index in [0.29, 0.717) is 0 Å². The molecular weight excluding hydrogens is 532 g/mol. The molecule has 0 spiro atoms. The van der Waals surface area contributed by atoms with Gasteiger partial charge in [-0.1, -0.05) is 152 Å². The smallest absolute Gasteiger partial charge is 0.00187 e. The summed E-state index contributed by atoms with van der Waals surface area (Å²) >= 11 is 0. The molecule has 2 nitrogen and oxygen atoms in total. The van der Waals surface area contributed by atoms with Gasteiger partial charge in [0.2, 0.25) is 0 Å². The molecule has 0 amide bonds. The van der Waals surface area contributed by atoms with Gasteiger partial charge in [0.15, 0.2) is 0 Å². The molecule has 0 radical (unpaired) electrons. The van der Waals surface area contributed by atoms with Crippen molar-refractivity contribution in [2.45, 2.75) is 194 Å². The SMILES string of the molecule is CCCCC/C=C\C/C=C\CCCCCCCCN(CCCCCCN)CCCCCCCC/C=C\C/C=C\CCCCC. The number of hydrogen-bond acceptors (Lipinski definition) is 2. The van der Waals surface area contributed by atoms with Crippen molar-refractivity contribution < 1.29 is 0 Å². The Hall–Kier alpha value is -1.12. The number of nitrogens with two attached hydrogens (primary N) is 1. The van der Waals surface area contributed by atoms with E-state index in [1.807, 2.05) is 0 Å². The molecule has 44 heavy (non-hydrogen) atoms. The van der Waals surface area contributed by atoms with Gasteiger partial charge >= 0.3 is 0 Å². The van der Waals surface area contributed by atoms with Crippen LogP contribution in [0.3, 0.4) is 0 Å². The first-order valence-electron chi connectivity index (χ1n) is 19.9. The van der Waals surface area contributed by atoms with E-state index in [1.165, 1.54) is 187 Å². The minimum atomic E-state index is 0.851. The normalized spacial score (nSPS) is 12.5. The molecule has 0 saturated heterocycles. The lowest BCUT2D eigenvalue weighted by molar-refractivity contribution is 0.254. The molecule has 0 aliphatic carbocycles. The molecule has 0 fully saturated rings. The third kappa shape index (κ3) is 37.1. The van der Waals surface area contributed by atoms with Crippen LogP contribution in [0.1, 0.15) is 194 Å². The summed E-state index contributed by atoms with van der Waals surface area (Å²) in [5, 5.41) is 0. The summed E-state index contributed by atoms with van der Waals surface area (Å²) in [7, 11) is 0. The van der Waals surface area contributed by atoms with Crippen molar-refractivity contribution in [2.24, 2.45) is 5.73 Å². The fraction of sp³-hybridized carbons (Fsp3) is 0.810. The number of rotatable bonds is 36. The second kappa shape index (κ2) is 39.9. The third-order valence-electron chi connectivity index (χ3n) is 8.78. The van der Waals surface area contributed by atoms with Crippen molar-refractivity contribution in [3.63, 3.8) is 0 Å². The summed E-state index contributed by atoms with van der Waals surface area (Å²) in [5.74, 6) is 0. The van der Waals surface area contributed by atoms with Gasteiger partial charge in [-0.2, -0.15) is 0 Å². The van der Waals surface area contributed by atoms with Crippen molar-refractivity contribution in [3.05, 3.63) is 48.6 Å². The fourth-order valence-corrected chi connectivity index (χ4v) is 5.82. The molecule has 0 aliphatic heterocycles. The zero-order chi connectivity index (χ0) is 31.9. The van der Waals surface area contributed by atoms with Crippen LogP contribution in [0.15, 0.2) is 48.6 Å². The Balaban J connectivity index is 3.82. The monoisotopic (exact) mass is 613 g/mol. The van der Waals surface area contributed by atoms with Gasteiger partial charge in [0.25, 0.3) is 0 Å². The summed E-state index contributed by atoms with van der Waals surface area (Å²) < 4.78 is 0. The van der Waals surface area contributed by atoms with Crippen molar-refractivity contribution in [1.82, 2.24) is 4.90 Å². The standard InChI is InChI=1S/C42H80N2/c1-3-5-7-9-11-13-15-17-19-21-23-25-27-29-32-36-40-44(42-38-34-31-35-39-43)41-37-33-30-28-26-24-22-20-18-16-14-12-10-8-6-4-2/h11-14,17-20H,3-10,15-16,21-43H2,1-2H3/b13-11-,14-12-,19-17-,20-18-. The van der Waals surface area contributed by atoms with Crippen LogP contribution in [0.5, 0.6) is 0 Å². The highest BCUT2D eigenvalue weighted by Gasteiger charge is 2.05. The lowest BCUT2D eigenvalue weighted by Crippen LogP contribution is -2.27. The van der Waals surface area contributed by atoms with Crippen LogP contribution < -0.4 is 5.73 Å². The van der Waals surface area contributed by atoms with Crippen LogP contribution in [0.4, 0.5) is 0 Å². The van der Waals surface area contributed by atoms with Gasteiger partial charge in [-0.05, 0) is 116 Å². The van der Waals surface area contributed by atoms with E-state index in [1.54, 1.807) is 0 Å². The zero-order valence-corrected chi connectivity index (χ0v) is 30.3. The van der Waals surface area contributed by atoms with Gasteiger partial charge in [0.1, 0.15) is 0 Å². The average Bonchev–Trinajstić information content (AvgIpc) is 3.03. The van der Waals surface area contributed by atoms with Crippen molar-refractivity contribution >= 4 is 0 Å². The minimum absolute atomic E-state index is 0.851. The average molecular weight is 613 g/mol. The maximum Gasteiger partial charge on any atom is -0.00187 e. The van der Waals surface area contributed by atoms with Crippen LogP contribution in [0.25, 0.3) is 0 Å². The Kier molecular flexibility index (Phi) is 38.9. The molecular formula is C42H80N2. The van der Waals surface area contributed by atoms with E-state index >= 15 is 0 Å². The molecule has 0 rings (SSSR count). The zero-order valence-electron chi connectivity index (χ0n) is 30.3. The van der Waals surface area contributed by atoms with Crippen LogP contribution in [-0.2, 0) is 0 Å². The molecule has 0 unspecified atom stereocenters. The van der Waals surface area contributed by atoms with Gasteiger partial charge < -0.3 is 10.6 Å². The summed E-state index contributed by atoms with van der Waals surface area (Å²) in [5.41, 5.74) is 5.70. The first-order chi connectivity index (χ1) is 21.8. The molecule has 0 bridgehead atoms. The van der Waals surface area contributed by atoms with E-state index in [-0.39, 0.29) is 0 Å². The predicted molar refractivity (Wildman–Crippen MR) is 203 cm³/mol. The fourth-order valence-electron chi connectivity index (χ4n) is 5.82. The van der Waals surface area contributed by atoms with Crippen molar-refractivity contribution in [1.29, 1.82) is 0 Å². The Morgan fingerprint density at radius 1 is 0.341 bits per heavy atom. The molecule has 2 N–H and O–H groups in total. The maximum atomic E-state index is 5.70. The van der Waals surface area contributed by atoms with Crippen LogP contribution >= 0.6 is 0 Å². The summed E-state index contributed by atoms with van der Waals surface area (Å²) in [6, 6.07) is 0. The molecule has 0 atom stereocenters. The van der Waals surface area contributed by atoms with E-state index in [2.05, 4.69) is 67.4 Å². The first kappa shape index (κ1) is 42.9. The Labute approximate surface area is 278 Å². The Bertz CT molecular complexity index is 584. The minimum Gasteiger partial charge on any atom is -0.330 e. The molecule has 0 aromatic carbocycles. The second-order valence-corrected chi connectivity index (χ2v) is 13.2. The summed E-state index contributed by atoms with van der Waals surface area (Å²) in [6.45, 7) is 9.32. The van der Waals surface area contributed by atoms with Gasteiger partial charge in [-0.3, -0.25) is 0 Å². The van der Waals surface area contributed by atoms with E-state index in [0.717, 1.165) is 19.4 Å². The molecule has 2 heteroatoms. The molecule has 0 aliphatic rings. The lowest BCUT2D eigenvalue weighted by Gasteiger charge is -2.22. The number of unbranched alkanes of at least 4 members (excludes halogenated alkanes) is 21. The number of nitrogens with zero attached hydrogens (tertiary/aromatic N) is 1. The van der Waals surface area contributed by atoms with E-state index in [4.69, 9.17) is 5.73 Å². The van der Waals surface area contributed by atoms with Crippen molar-refractivity contribution in [3.8, 4) is 0 Å². The molecule has 0 aromatic rings. The van der Waals surface area contributed by atoms with E-state index < -0.39 is 0 Å². The molecule has 0 saturated carbocycles.